The highest BCUT2D eigenvalue weighted by Crippen LogP contribution is 2.13. The first-order chi connectivity index (χ1) is 5.66. The van der Waals surface area contributed by atoms with Gasteiger partial charge < -0.3 is 33.0 Å². The van der Waals surface area contributed by atoms with Crippen molar-refractivity contribution >= 4 is 5.97 Å². The van der Waals surface area contributed by atoms with E-state index in [4.69, 9.17) is 10.2 Å². The van der Waals surface area contributed by atoms with Crippen molar-refractivity contribution in [1.29, 1.82) is 0 Å². The molecule has 6 heteroatoms. The Bertz CT molecular complexity index is 178. The second-order valence-electron chi connectivity index (χ2n) is 3.14. The van der Waals surface area contributed by atoms with Crippen LogP contribution in [-0.4, -0.2) is 47.1 Å². The Morgan fingerprint density at radius 3 is 2.54 bits per heavy atom. The average Bonchev–Trinajstić information content (AvgIpc) is 2.04. The maximum Gasteiger partial charge on any atom is 0.314 e. The normalized spacial score (nSPS) is 33.5. The molecule has 0 aliphatic carbocycles. The summed E-state index contributed by atoms with van der Waals surface area (Å²) in [6.45, 7) is 0.843. The molecule has 1 saturated heterocycles. The summed E-state index contributed by atoms with van der Waals surface area (Å²) in [4.78, 5) is 10.6. The first-order valence-electron chi connectivity index (χ1n) is 4.00. The van der Waals surface area contributed by atoms with Crippen molar-refractivity contribution in [1.82, 2.24) is 0 Å². The van der Waals surface area contributed by atoms with Crippen molar-refractivity contribution in [3.8, 4) is 0 Å². The van der Waals surface area contributed by atoms with Crippen LogP contribution in [0.15, 0.2) is 0 Å². The summed E-state index contributed by atoms with van der Waals surface area (Å²) >= 11 is 0. The molecule has 0 bridgehead atoms. The fraction of sp³-hybridized carbons (Fsp3) is 0.857. The number of piperidine rings is 1. The Morgan fingerprint density at radius 2 is 2.08 bits per heavy atom. The first kappa shape index (κ1) is 12.6. The number of rotatable bonds is 2. The highest BCUT2D eigenvalue weighted by atomic mass is 35.5. The SMILES string of the molecule is O=C(O)[C@@H]1C[NH2+]C[C@H](CO)[C@H]1O.[Cl-]. The highest BCUT2D eigenvalue weighted by molar-refractivity contribution is 5.70. The Morgan fingerprint density at radius 1 is 1.46 bits per heavy atom. The third-order valence-electron chi connectivity index (χ3n) is 2.34. The lowest BCUT2D eigenvalue weighted by atomic mass is 9.88. The van der Waals surface area contributed by atoms with E-state index in [1.54, 1.807) is 0 Å². The Kier molecular flexibility index (Phi) is 5.24. The van der Waals surface area contributed by atoms with Crippen LogP contribution in [-0.2, 0) is 4.79 Å². The summed E-state index contributed by atoms with van der Waals surface area (Å²) in [5.74, 6) is -2.03. The van der Waals surface area contributed by atoms with Crippen molar-refractivity contribution in [3.63, 3.8) is 0 Å². The fourth-order valence-electron chi connectivity index (χ4n) is 1.53. The summed E-state index contributed by atoms with van der Waals surface area (Å²) in [5.41, 5.74) is 0. The van der Waals surface area contributed by atoms with Gasteiger partial charge in [-0.3, -0.25) is 4.79 Å². The van der Waals surface area contributed by atoms with Crippen LogP contribution in [0.25, 0.3) is 0 Å². The monoisotopic (exact) mass is 211 g/mol. The van der Waals surface area contributed by atoms with Gasteiger partial charge in [0.25, 0.3) is 0 Å². The molecule has 78 valence electrons. The molecule has 0 radical (unpaired) electrons. The lowest BCUT2D eigenvalue weighted by Crippen LogP contribution is -3.00. The van der Waals surface area contributed by atoms with Crippen LogP contribution >= 0.6 is 0 Å². The van der Waals surface area contributed by atoms with E-state index in [2.05, 4.69) is 0 Å². The molecule has 1 rings (SSSR count). The molecule has 0 saturated carbocycles. The molecule has 0 aromatic carbocycles. The number of carboxylic acids is 1. The van der Waals surface area contributed by atoms with E-state index in [1.807, 2.05) is 5.32 Å². The van der Waals surface area contributed by atoms with Crippen molar-refractivity contribution in [2.24, 2.45) is 11.8 Å². The van der Waals surface area contributed by atoms with Crippen molar-refractivity contribution in [3.05, 3.63) is 0 Å². The number of quaternary nitrogens is 1. The lowest BCUT2D eigenvalue weighted by Gasteiger charge is -2.29. The second kappa shape index (κ2) is 5.39. The van der Waals surface area contributed by atoms with E-state index in [-0.39, 0.29) is 24.9 Å². The summed E-state index contributed by atoms with van der Waals surface area (Å²) < 4.78 is 0. The van der Waals surface area contributed by atoms with E-state index >= 15 is 0 Å². The molecule has 5 nitrogen and oxygen atoms in total. The molecule has 1 aliphatic heterocycles. The third kappa shape index (κ3) is 2.80. The van der Waals surface area contributed by atoms with E-state index in [0.29, 0.717) is 13.1 Å². The number of carboxylic acid groups (broad SMARTS) is 1. The highest BCUT2D eigenvalue weighted by Gasteiger charge is 2.38. The standard InChI is InChI=1S/C7H13NO4.ClH/c9-3-4-1-8-2-5(6(4)10)7(11)12;/h4-6,8-10H,1-3H2,(H,11,12);1H/t4-,5-,6-;/m1./s1. The van der Waals surface area contributed by atoms with Crippen LogP contribution in [0.3, 0.4) is 0 Å². The molecule has 0 aromatic heterocycles. The molecule has 5 N–H and O–H groups in total. The molecule has 1 heterocycles. The first-order valence-corrected chi connectivity index (χ1v) is 4.00. The summed E-state index contributed by atoms with van der Waals surface area (Å²) in [7, 11) is 0. The molecule has 0 amide bonds. The molecule has 0 aromatic rings. The number of aliphatic carboxylic acids is 1. The van der Waals surface area contributed by atoms with Gasteiger partial charge in [-0.25, -0.2) is 0 Å². The smallest absolute Gasteiger partial charge is 0.314 e. The van der Waals surface area contributed by atoms with E-state index in [0.717, 1.165) is 0 Å². The summed E-state index contributed by atoms with van der Waals surface area (Å²) in [6, 6.07) is 0. The molecular formula is C7H14ClNO4. The van der Waals surface area contributed by atoms with Gasteiger partial charge >= 0.3 is 5.97 Å². The summed E-state index contributed by atoms with van der Waals surface area (Å²) in [6.07, 6.45) is -0.905. The molecule has 1 fully saturated rings. The van der Waals surface area contributed by atoms with Gasteiger partial charge in [0.2, 0.25) is 0 Å². The minimum Gasteiger partial charge on any atom is -1.00 e. The number of halogens is 1. The number of aliphatic hydroxyl groups is 2. The van der Waals surface area contributed by atoms with Gasteiger partial charge in [-0.05, 0) is 0 Å². The van der Waals surface area contributed by atoms with Crippen molar-refractivity contribution < 1.29 is 37.8 Å². The fourth-order valence-corrected chi connectivity index (χ4v) is 1.53. The zero-order valence-electron chi connectivity index (χ0n) is 7.06. The van der Waals surface area contributed by atoms with E-state index in [1.165, 1.54) is 0 Å². The minimum absolute atomic E-state index is 0. The maximum absolute atomic E-state index is 10.6. The van der Waals surface area contributed by atoms with Crippen LogP contribution in [0.1, 0.15) is 0 Å². The maximum atomic E-state index is 10.6. The Balaban J connectivity index is 0.00000144. The van der Waals surface area contributed by atoms with Crippen LogP contribution in [0, 0.1) is 11.8 Å². The number of hydrogen-bond donors (Lipinski definition) is 4. The van der Waals surface area contributed by atoms with Crippen molar-refractivity contribution in [2.45, 2.75) is 6.10 Å². The van der Waals surface area contributed by atoms with Crippen LogP contribution in [0.5, 0.6) is 0 Å². The van der Waals surface area contributed by atoms with Gasteiger partial charge in [0.1, 0.15) is 5.92 Å². The average molecular weight is 212 g/mol. The van der Waals surface area contributed by atoms with Gasteiger partial charge in [-0.15, -0.1) is 0 Å². The zero-order chi connectivity index (χ0) is 9.14. The number of nitrogens with two attached hydrogens (primary N) is 1. The minimum atomic E-state index is -0.989. The van der Waals surface area contributed by atoms with Crippen LogP contribution in [0.2, 0.25) is 0 Å². The second-order valence-corrected chi connectivity index (χ2v) is 3.14. The zero-order valence-corrected chi connectivity index (χ0v) is 7.81. The number of hydrogen-bond acceptors (Lipinski definition) is 3. The van der Waals surface area contributed by atoms with Gasteiger partial charge in [0.05, 0.1) is 31.7 Å². The quantitative estimate of drug-likeness (QED) is 0.366. The predicted molar refractivity (Wildman–Crippen MR) is 39.4 cm³/mol. The molecule has 3 atom stereocenters. The van der Waals surface area contributed by atoms with Gasteiger partial charge in [-0.2, -0.15) is 0 Å². The number of aliphatic hydroxyl groups excluding tert-OH is 2. The molecule has 13 heavy (non-hydrogen) atoms. The van der Waals surface area contributed by atoms with Crippen LogP contribution < -0.4 is 17.7 Å². The summed E-state index contributed by atoms with van der Waals surface area (Å²) in [5, 5.41) is 28.7. The van der Waals surface area contributed by atoms with Gasteiger partial charge in [0, 0.05) is 0 Å². The molecular weight excluding hydrogens is 198 g/mol. The lowest BCUT2D eigenvalue weighted by molar-refractivity contribution is -0.677. The number of carbonyl (C=O) groups is 1. The van der Waals surface area contributed by atoms with Gasteiger partial charge in [-0.1, -0.05) is 0 Å². The third-order valence-corrected chi connectivity index (χ3v) is 2.34. The van der Waals surface area contributed by atoms with Crippen LogP contribution in [0.4, 0.5) is 0 Å². The Labute approximate surface area is 82.2 Å². The van der Waals surface area contributed by atoms with Gasteiger partial charge in [0.15, 0.2) is 0 Å². The topological polar surface area (TPSA) is 94.4 Å². The Hall–Kier alpha value is -0.360. The van der Waals surface area contributed by atoms with Crippen molar-refractivity contribution in [2.75, 3.05) is 19.7 Å². The molecule has 0 spiro atoms. The molecule has 1 aliphatic rings. The largest absolute Gasteiger partial charge is 1.00 e. The van der Waals surface area contributed by atoms with E-state index < -0.39 is 18.0 Å². The molecule has 0 unspecified atom stereocenters. The predicted octanol–water partition coefficient (Wildman–Crippen LogP) is -5.76. The van der Waals surface area contributed by atoms with E-state index in [9.17, 15) is 9.90 Å².